The zero-order valence-electron chi connectivity index (χ0n) is 20.5. The molecule has 4 N–H and O–H groups in total. The lowest BCUT2D eigenvalue weighted by Gasteiger charge is -2.19. The number of fused-ring (bicyclic) bond motifs is 4. The molecule has 2 aromatic heterocycles. The van der Waals surface area contributed by atoms with E-state index in [9.17, 15) is 0 Å². The highest BCUT2D eigenvalue weighted by Gasteiger charge is 2.10. The Morgan fingerprint density at radius 1 is 0.528 bits per heavy atom. The van der Waals surface area contributed by atoms with Crippen LogP contribution < -0.4 is 21.3 Å². The molecule has 3 rings (SSSR count). The first kappa shape index (κ1) is 28.4. The summed E-state index contributed by atoms with van der Waals surface area (Å²) >= 11 is 22.2. The zero-order chi connectivity index (χ0) is 25.9. The topological polar surface area (TPSA) is 80.4 Å². The van der Waals surface area contributed by atoms with Crippen molar-refractivity contribution in [1.82, 2.24) is 41.0 Å². The van der Waals surface area contributed by atoms with Crippen LogP contribution in [-0.2, 0) is 0 Å². The molecule has 1 aliphatic rings. The highest BCUT2D eigenvalue weighted by atomic mass is 32.1. The number of hydrogen-bond donors (Lipinski definition) is 4. The lowest BCUT2D eigenvalue weighted by molar-refractivity contribution is 0.343. The van der Waals surface area contributed by atoms with Crippen molar-refractivity contribution in [3.63, 3.8) is 0 Å². The van der Waals surface area contributed by atoms with Crippen molar-refractivity contribution in [1.29, 1.82) is 0 Å². The molecule has 0 amide bonds. The van der Waals surface area contributed by atoms with E-state index < -0.39 is 0 Å². The minimum Gasteiger partial charge on any atom is -0.373 e. The maximum atomic E-state index is 5.56. The summed E-state index contributed by atoms with van der Waals surface area (Å²) in [6.07, 6.45) is 0. The number of pyridine rings is 2. The quantitative estimate of drug-likeness (QED) is 0.349. The molecule has 0 radical (unpaired) electrons. The van der Waals surface area contributed by atoms with Crippen LogP contribution >= 0.6 is 48.9 Å². The molecule has 1 aliphatic heterocycles. The number of nitrogens with one attached hydrogen (secondary N) is 4. The van der Waals surface area contributed by atoms with Gasteiger partial charge in [-0.25, -0.2) is 9.97 Å². The first-order chi connectivity index (χ1) is 17.3. The predicted octanol–water partition coefficient (Wildman–Crippen LogP) is 1.11. The van der Waals surface area contributed by atoms with E-state index in [2.05, 4.69) is 55.1 Å². The normalized spacial score (nSPS) is 18.3. The molecule has 4 bridgehead atoms. The SMILES string of the molecule is CN1CCNC(=S)c2cccc(n2)C(=S)NCCN(C)CCNC(=S)c2cccc(n2)C(=S)NCC1. The average molecular weight is 561 g/mol. The van der Waals surface area contributed by atoms with Gasteiger partial charge in [-0.1, -0.05) is 61.0 Å². The number of thiocarbonyl (C=S) groups is 4. The fraction of sp³-hybridized carbons (Fsp3) is 0.417. The minimum atomic E-state index is 0.609. The van der Waals surface area contributed by atoms with Crippen molar-refractivity contribution in [2.24, 2.45) is 0 Å². The molecule has 0 saturated carbocycles. The third-order valence-corrected chi connectivity index (χ3v) is 6.96. The maximum absolute atomic E-state index is 5.56. The second-order valence-electron chi connectivity index (χ2n) is 8.45. The molecule has 3 heterocycles. The lowest BCUT2D eigenvalue weighted by Crippen LogP contribution is -2.38. The molecule has 0 atom stereocenters. The highest BCUT2D eigenvalue weighted by molar-refractivity contribution is 7.81. The fourth-order valence-corrected chi connectivity index (χ4v) is 4.27. The van der Waals surface area contributed by atoms with Gasteiger partial charge in [0, 0.05) is 52.4 Å². The Morgan fingerprint density at radius 3 is 1.03 bits per heavy atom. The van der Waals surface area contributed by atoms with Crippen molar-refractivity contribution in [2.75, 3.05) is 66.5 Å². The summed E-state index contributed by atoms with van der Waals surface area (Å²) in [5, 5.41) is 13.2. The van der Waals surface area contributed by atoms with Gasteiger partial charge in [-0.15, -0.1) is 0 Å². The molecule has 0 fully saturated rings. The standard InChI is InChI=1S/C24H32N8S4/c1-31-13-9-25-21(33)17-5-3-7-19(29-17)23(35)27-11-15-32(2)16-12-28-24(36)20-8-4-6-18(30-20)22(34)26-10-14-31/h3-8H,9-16H2,1-2H3,(H,25,33)(H,26,34)(H,27,35)(H,28,36). The summed E-state index contributed by atoms with van der Waals surface area (Å²) < 4.78 is 0. The van der Waals surface area contributed by atoms with Gasteiger partial charge in [0.25, 0.3) is 0 Å². The van der Waals surface area contributed by atoms with Gasteiger partial charge in [-0.2, -0.15) is 0 Å². The first-order valence-corrected chi connectivity index (χ1v) is 13.4. The molecule has 36 heavy (non-hydrogen) atoms. The van der Waals surface area contributed by atoms with Gasteiger partial charge in [0.1, 0.15) is 20.0 Å². The van der Waals surface area contributed by atoms with Crippen LogP contribution in [0.25, 0.3) is 0 Å². The Morgan fingerprint density at radius 2 is 0.778 bits per heavy atom. The number of rotatable bonds is 0. The van der Waals surface area contributed by atoms with Gasteiger partial charge < -0.3 is 31.1 Å². The van der Waals surface area contributed by atoms with Gasteiger partial charge >= 0.3 is 0 Å². The van der Waals surface area contributed by atoms with Crippen LogP contribution in [0.3, 0.4) is 0 Å². The summed E-state index contributed by atoms with van der Waals surface area (Å²) in [4.78, 5) is 16.1. The van der Waals surface area contributed by atoms with Crippen LogP contribution in [0.4, 0.5) is 0 Å². The van der Waals surface area contributed by atoms with Crippen molar-refractivity contribution in [2.45, 2.75) is 0 Å². The molecule has 12 heteroatoms. The Bertz CT molecular complexity index is 933. The second-order valence-corrected chi connectivity index (χ2v) is 10.1. The summed E-state index contributed by atoms with van der Waals surface area (Å²) in [5.41, 5.74) is 2.85. The van der Waals surface area contributed by atoms with Crippen molar-refractivity contribution in [3.05, 3.63) is 59.2 Å². The molecule has 0 aromatic carbocycles. The van der Waals surface area contributed by atoms with Crippen LogP contribution in [0.2, 0.25) is 0 Å². The average Bonchev–Trinajstić information content (AvgIpc) is 2.88. The first-order valence-electron chi connectivity index (χ1n) is 11.8. The van der Waals surface area contributed by atoms with Gasteiger partial charge in [0.05, 0.1) is 22.8 Å². The van der Waals surface area contributed by atoms with E-state index in [1.807, 2.05) is 36.4 Å². The van der Waals surface area contributed by atoms with Crippen LogP contribution in [0.1, 0.15) is 22.8 Å². The van der Waals surface area contributed by atoms with E-state index >= 15 is 0 Å². The Balaban J connectivity index is 1.67. The Kier molecular flexibility index (Phi) is 11.4. The molecule has 0 unspecified atom stereocenters. The zero-order valence-corrected chi connectivity index (χ0v) is 23.8. The van der Waals surface area contributed by atoms with E-state index in [0.717, 1.165) is 26.2 Å². The van der Waals surface area contributed by atoms with E-state index in [1.54, 1.807) is 0 Å². The van der Waals surface area contributed by atoms with E-state index in [-0.39, 0.29) is 0 Å². The van der Waals surface area contributed by atoms with E-state index in [1.165, 1.54) is 0 Å². The summed E-state index contributed by atoms with van der Waals surface area (Å²) in [6.45, 7) is 6.07. The lowest BCUT2D eigenvalue weighted by atomic mass is 10.3. The molecular formula is C24H32N8S4. The smallest absolute Gasteiger partial charge is 0.125 e. The van der Waals surface area contributed by atoms with Gasteiger partial charge in [-0.3, -0.25) is 0 Å². The largest absolute Gasteiger partial charge is 0.373 e. The summed E-state index contributed by atoms with van der Waals surface area (Å²) in [7, 11) is 4.12. The third-order valence-electron chi connectivity index (χ3n) is 5.55. The van der Waals surface area contributed by atoms with Gasteiger partial charge in [0.15, 0.2) is 0 Å². The summed E-state index contributed by atoms with van der Waals surface area (Å²) in [6, 6.07) is 11.4. The monoisotopic (exact) mass is 560 g/mol. The molecular weight excluding hydrogens is 529 g/mol. The number of aromatic nitrogens is 2. The molecule has 0 aliphatic carbocycles. The number of likely N-dealkylation sites (N-methyl/N-ethyl adjacent to an activating group) is 2. The van der Waals surface area contributed by atoms with Crippen molar-refractivity contribution >= 4 is 68.8 Å². The molecule has 0 saturated heterocycles. The van der Waals surface area contributed by atoms with Crippen LogP contribution in [-0.4, -0.2) is 106 Å². The van der Waals surface area contributed by atoms with Crippen LogP contribution in [0, 0.1) is 0 Å². The maximum Gasteiger partial charge on any atom is 0.125 e. The molecule has 192 valence electrons. The van der Waals surface area contributed by atoms with Gasteiger partial charge in [0.2, 0.25) is 0 Å². The van der Waals surface area contributed by atoms with Crippen molar-refractivity contribution in [3.8, 4) is 0 Å². The van der Waals surface area contributed by atoms with Crippen LogP contribution in [0.5, 0.6) is 0 Å². The van der Waals surface area contributed by atoms with Gasteiger partial charge in [-0.05, 0) is 38.4 Å². The predicted molar refractivity (Wildman–Crippen MR) is 162 cm³/mol. The second kappa shape index (κ2) is 14.5. The molecule has 0 spiro atoms. The van der Waals surface area contributed by atoms with Crippen molar-refractivity contribution < 1.29 is 0 Å². The third kappa shape index (κ3) is 9.02. The molecule has 2 aromatic rings. The minimum absolute atomic E-state index is 0.609. The number of hydrogen-bond acceptors (Lipinski definition) is 8. The van der Waals surface area contributed by atoms with E-state index in [4.69, 9.17) is 48.9 Å². The van der Waals surface area contributed by atoms with E-state index in [0.29, 0.717) is 68.9 Å². The fourth-order valence-electron chi connectivity index (χ4n) is 3.40. The molecule has 8 nitrogen and oxygen atoms in total. The Labute approximate surface area is 234 Å². The Hall–Kier alpha value is -2.22. The summed E-state index contributed by atoms with van der Waals surface area (Å²) in [5.74, 6) is 0. The highest BCUT2D eigenvalue weighted by Crippen LogP contribution is 2.03. The van der Waals surface area contributed by atoms with Crippen LogP contribution in [0.15, 0.2) is 36.4 Å². The number of nitrogens with zero attached hydrogens (tertiary/aromatic N) is 4.